The number of hydrogen-bond acceptors (Lipinski definition) is 5. The molecule has 0 aromatic carbocycles. The van der Waals surface area contributed by atoms with Crippen LogP contribution in [0.3, 0.4) is 0 Å². The molecule has 1 atom stereocenters. The monoisotopic (exact) mass is 320 g/mol. The van der Waals surface area contributed by atoms with Crippen molar-refractivity contribution in [1.82, 2.24) is 9.88 Å². The molecule has 1 amide bonds. The Bertz CT molecular complexity index is 642. The van der Waals surface area contributed by atoms with E-state index in [9.17, 15) is 14.4 Å². The summed E-state index contributed by atoms with van der Waals surface area (Å²) in [7, 11) is 1.58. The Morgan fingerprint density at radius 3 is 2.73 bits per heavy atom. The molecule has 1 aromatic rings. The van der Waals surface area contributed by atoms with E-state index in [1.54, 1.807) is 25.4 Å². The standard InChI is InChI=1S/C15H16N2O4S/c1-3-22-15-12(13(20)9-5-4-6-16-8-9)10(7-11(18)19)14(21)17(15)2/h4-6,8,15H,3,7H2,1-2H3,(H,18,19)/t15-/m0/s1. The van der Waals surface area contributed by atoms with Gasteiger partial charge in [0, 0.05) is 36.2 Å². The highest BCUT2D eigenvalue weighted by Gasteiger charge is 2.41. The lowest BCUT2D eigenvalue weighted by Gasteiger charge is -2.21. The van der Waals surface area contributed by atoms with Crippen molar-refractivity contribution in [2.45, 2.75) is 18.7 Å². The van der Waals surface area contributed by atoms with Gasteiger partial charge in [-0.2, -0.15) is 0 Å². The second kappa shape index (κ2) is 6.74. The first-order valence-electron chi connectivity index (χ1n) is 6.75. The van der Waals surface area contributed by atoms with E-state index < -0.39 is 23.7 Å². The van der Waals surface area contributed by atoms with E-state index in [0.29, 0.717) is 11.3 Å². The number of amides is 1. The molecular weight excluding hydrogens is 304 g/mol. The molecule has 0 radical (unpaired) electrons. The molecule has 0 saturated heterocycles. The Labute approximate surface area is 132 Å². The van der Waals surface area contributed by atoms with Crippen LogP contribution in [-0.4, -0.2) is 50.8 Å². The van der Waals surface area contributed by atoms with E-state index in [1.165, 1.54) is 22.9 Å². The molecule has 1 aromatic heterocycles. The Balaban J connectivity index is 2.51. The van der Waals surface area contributed by atoms with Crippen molar-refractivity contribution < 1.29 is 19.5 Å². The minimum Gasteiger partial charge on any atom is -0.481 e. The fraction of sp³-hybridized carbons (Fsp3) is 0.333. The third-order valence-electron chi connectivity index (χ3n) is 3.32. The van der Waals surface area contributed by atoms with Gasteiger partial charge in [0.15, 0.2) is 5.78 Å². The summed E-state index contributed by atoms with van der Waals surface area (Å²) in [5, 5.41) is 8.57. The predicted molar refractivity (Wildman–Crippen MR) is 82.5 cm³/mol. The van der Waals surface area contributed by atoms with Crippen LogP contribution in [0.5, 0.6) is 0 Å². The number of hydrogen-bond donors (Lipinski definition) is 1. The van der Waals surface area contributed by atoms with Gasteiger partial charge in [0.25, 0.3) is 5.91 Å². The molecule has 1 aliphatic heterocycles. The molecule has 0 saturated carbocycles. The van der Waals surface area contributed by atoms with Gasteiger partial charge in [-0.1, -0.05) is 6.92 Å². The van der Waals surface area contributed by atoms with Crippen LogP contribution in [0.25, 0.3) is 0 Å². The number of aliphatic carboxylic acids is 1. The minimum atomic E-state index is -1.13. The molecule has 0 aliphatic carbocycles. The van der Waals surface area contributed by atoms with E-state index in [-0.39, 0.29) is 16.9 Å². The van der Waals surface area contributed by atoms with Crippen molar-refractivity contribution in [2.24, 2.45) is 0 Å². The summed E-state index contributed by atoms with van der Waals surface area (Å²) < 4.78 is 0. The normalized spacial score (nSPS) is 18.0. The number of ketones is 1. The summed E-state index contributed by atoms with van der Waals surface area (Å²) in [4.78, 5) is 41.4. The minimum absolute atomic E-state index is 0.0646. The third kappa shape index (κ3) is 3.04. The molecule has 2 rings (SSSR count). The molecule has 0 fully saturated rings. The number of nitrogens with zero attached hydrogens (tertiary/aromatic N) is 2. The number of Topliss-reactive ketones (excluding diaryl/α,β-unsaturated/α-hetero) is 1. The molecule has 0 bridgehead atoms. The quantitative estimate of drug-likeness (QED) is 0.801. The molecule has 1 N–H and O–H groups in total. The number of aromatic nitrogens is 1. The number of rotatable bonds is 6. The summed E-state index contributed by atoms with van der Waals surface area (Å²) >= 11 is 1.43. The Morgan fingerprint density at radius 2 is 2.18 bits per heavy atom. The lowest BCUT2D eigenvalue weighted by Crippen LogP contribution is -2.31. The lowest BCUT2D eigenvalue weighted by atomic mass is 9.99. The van der Waals surface area contributed by atoms with Gasteiger partial charge in [0.1, 0.15) is 5.37 Å². The van der Waals surface area contributed by atoms with Crippen LogP contribution in [0.4, 0.5) is 0 Å². The van der Waals surface area contributed by atoms with E-state index >= 15 is 0 Å². The second-order valence-corrected chi connectivity index (χ2v) is 6.11. The van der Waals surface area contributed by atoms with E-state index in [4.69, 9.17) is 5.11 Å². The second-order valence-electron chi connectivity index (χ2n) is 4.76. The number of carboxylic acid groups (broad SMARTS) is 1. The van der Waals surface area contributed by atoms with E-state index in [1.807, 2.05) is 6.92 Å². The van der Waals surface area contributed by atoms with Crippen molar-refractivity contribution in [3.63, 3.8) is 0 Å². The number of thioether (sulfide) groups is 1. The van der Waals surface area contributed by atoms with Crippen molar-refractivity contribution >= 4 is 29.4 Å². The van der Waals surface area contributed by atoms with Gasteiger partial charge in [0.2, 0.25) is 0 Å². The maximum Gasteiger partial charge on any atom is 0.308 e. The van der Waals surface area contributed by atoms with Crippen molar-refractivity contribution in [3.8, 4) is 0 Å². The van der Waals surface area contributed by atoms with Crippen molar-refractivity contribution in [1.29, 1.82) is 0 Å². The highest BCUT2D eigenvalue weighted by Crippen LogP contribution is 2.35. The molecule has 6 nitrogen and oxygen atoms in total. The van der Waals surface area contributed by atoms with E-state index in [0.717, 1.165) is 0 Å². The first kappa shape index (κ1) is 16.2. The van der Waals surface area contributed by atoms with Gasteiger partial charge in [-0.25, -0.2) is 0 Å². The van der Waals surface area contributed by atoms with Crippen LogP contribution in [0.1, 0.15) is 23.7 Å². The van der Waals surface area contributed by atoms with Gasteiger partial charge in [-0.05, 0) is 17.9 Å². The van der Waals surface area contributed by atoms with Gasteiger partial charge in [-0.3, -0.25) is 19.4 Å². The summed E-state index contributed by atoms with van der Waals surface area (Å²) in [6.07, 6.45) is 2.52. The summed E-state index contributed by atoms with van der Waals surface area (Å²) in [5.74, 6) is -1.17. The highest BCUT2D eigenvalue weighted by molar-refractivity contribution is 8.00. The molecule has 1 aliphatic rings. The Morgan fingerprint density at radius 1 is 1.45 bits per heavy atom. The fourth-order valence-corrected chi connectivity index (χ4v) is 3.41. The van der Waals surface area contributed by atoms with Crippen LogP contribution in [-0.2, 0) is 9.59 Å². The number of carboxylic acids is 1. The van der Waals surface area contributed by atoms with Gasteiger partial charge < -0.3 is 10.0 Å². The summed E-state index contributed by atoms with van der Waals surface area (Å²) in [6.45, 7) is 1.92. The van der Waals surface area contributed by atoms with Crippen LogP contribution >= 0.6 is 11.8 Å². The first-order chi connectivity index (χ1) is 10.5. The van der Waals surface area contributed by atoms with Gasteiger partial charge in [0.05, 0.1) is 6.42 Å². The smallest absolute Gasteiger partial charge is 0.308 e. The largest absolute Gasteiger partial charge is 0.481 e. The van der Waals surface area contributed by atoms with Crippen molar-refractivity contribution in [3.05, 3.63) is 41.2 Å². The Hall–Kier alpha value is -2.15. The van der Waals surface area contributed by atoms with Gasteiger partial charge in [-0.15, -0.1) is 11.8 Å². The maximum absolute atomic E-state index is 12.7. The highest BCUT2D eigenvalue weighted by atomic mass is 32.2. The molecule has 2 heterocycles. The van der Waals surface area contributed by atoms with Crippen LogP contribution in [0.15, 0.2) is 35.7 Å². The zero-order valence-electron chi connectivity index (χ0n) is 12.3. The maximum atomic E-state index is 12.7. The number of carbonyl (C=O) groups is 3. The van der Waals surface area contributed by atoms with Gasteiger partial charge >= 0.3 is 5.97 Å². The third-order valence-corrected chi connectivity index (χ3v) is 4.52. The number of pyridine rings is 1. The summed E-state index contributed by atoms with van der Waals surface area (Å²) in [6, 6.07) is 3.24. The SMILES string of the molecule is CCS[C@H]1C(C(=O)c2cccnc2)=C(CC(=O)O)C(=O)N1C. The fourth-order valence-electron chi connectivity index (χ4n) is 2.35. The topological polar surface area (TPSA) is 87.6 Å². The number of carbonyl (C=O) groups excluding carboxylic acids is 2. The first-order valence-corrected chi connectivity index (χ1v) is 7.80. The molecule has 22 heavy (non-hydrogen) atoms. The predicted octanol–water partition coefficient (Wildman–Crippen LogP) is 1.59. The molecule has 7 heteroatoms. The van der Waals surface area contributed by atoms with E-state index in [2.05, 4.69) is 4.98 Å². The van der Waals surface area contributed by atoms with Crippen LogP contribution in [0, 0.1) is 0 Å². The van der Waals surface area contributed by atoms with Crippen molar-refractivity contribution in [2.75, 3.05) is 12.8 Å². The molecule has 0 spiro atoms. The lowest BCUT2D eigenvalue weighted by molar-refractivity contribution is -0.137. The zero-order chi connectivity index (χ0) is 16.3. The molecule has 0 unspecified atom stereocenters. The average molecular weight is 320 g/mol. The summed E-state index contributed by atoms with van der Waals surface area (Å²) in [5.41, 5.74) is 0.676. The Kier molecular flexibility index (Phi) is 4.97. The molecule has 116 valence electrons. The number of likely N-dealkylation sites (N-methyl/N-ethyl adjacent to an activating group) is 1. The van der Waals surface area contributed by atoms with Crippen LogP contribution < -0.4 is 0 Å². The average Bonchev–Trinajstić information content (AvgIpc) is 2.72. The zero-order valence-corrected chi connectivity index (χ0v) is 13.1. The molecular formula is C15H16N2O4S. The van der Waals surface area contributed by atoms with Crippen LogP contribution in [0.2, 0.25) is 0 Å².